The maximum atomic E-state index is 6.05. The molecule has 0 spiro atoms. The predicted molar refractivity (Wildman–Crippen MR) is 70.2 cm³/mol. The van der Waals surface area contributed by atoms with E-state index >= 15 is 0 Å². The highest BCUT2D eigenvalue weighted by atomic mass is 35.5. The van der Waals surface area contributed by atoms with Crippen molar-refractivity contribution in [1.82, 2.24) is 10.3 Å². The van der Waals surface area contributed by atoms with Gasteiger partial charge in [-0.2, -0.15) is 0 Å². The minimum Gasteiger partial charge on any atom is -0.358 e. The molecule has 0 aliphatic carbocycles. The minimum atomic E-state index is 0.495. The molecule has 16 heavy (non-hydrogen) atoms. The van der Waals surface area contributed by atoms with Gasteiger partial charge in [0.15, 0.2) is 0 Å². The fourth-order valence-corrected chi connectivity index (χ4v) is 2.27. The van der Waals surface area contributed by atoms with Crippen LogP contribution in [0.4, 0.5) is 0 Å². The summed E-state index contributed by atoms with van der Waals surface area (Å²) in [6.07, 6.45) is 0. The van der Waals surface area contributed by atoms with Gasteiger partial charge in [0.1, 0.15) is 0 Å². The van der Waals surface area contributed by atoms with Crippen LogP contribution in [0.2, 0.25) is 5.02 Å². The molecule has 1 aromatic heterocycles. The first kappa shape index (κ1) is 11.5. The Morgan fingerprint density at radius 3 is 2.75 bits per heavy atom. The highest BCUT2D eigenvalue weighted by molar-refractivity contribution is 6.31. The number of halogens is 1. The Kier molecular flexibility index (Phi) is 3.22. The van der Waals surface area contributed by atoms with E-state index in [1.807, 2.05) is 25.2 Å². The van der Waals surface area contributed by atoms with Gasteiger partial charge in [0, 0.05) is 28.2 Å². The second kappa shape index (κ2) is 4.48. The molecular weight excluding hydrogens is 220 g/mol. The van der Waals surface area contributed by atoms with Crippen molar-refractivity contribution in [2.75, 3.05) is 7.05 Å². The maximum absolute atomic E-state index is 6.05. The summed E-state index contributed by atoms with van der Waals surface area (Å²) in [6.45, 7) is 5.27. The Morgan fingerprint density at radius 2 is 2.12 bits per heavy atom. The van der Waals surface area contributed by atoms with Crippen molar-refractivity contribution in [1.29, 1.82) is 0 Å². The Morgan fingerprint density at radius 1 is 1.38 bits per heavy atom. The van der Waals surface area contributed by atoms with Crippen molar-refractivity contribution in [2.24, 2.45) is 0 Å². The Hall–Kier alpha value is -0.990. The molecule has 1 aromatic carbocycles. The average Bonchev–Trinajstić information content (AvgIpc) is 2.58. The molecule has 0 saturated heterocycles. The zero-order valence-electron chi connectivity index (χ0n) is 9.89. The lowest BCUT2D eigenvalue weighted by molar-refractivity contribution is 0.768. The first-order valence-corrected chi connectivity index (χ1v) is 5.96. The molecule has 0 aliphatic rings. The van der Waals surface area contributed by atoms with Crippen molar-refractivity contribution < 1.29 is 0 Å². The van der Waals surface area contributed by atoms with Gasteiger partial charge in [0.2, 0.25) is 0 Å². The lowest BCUT2D eigenvalue weighted by Gasteiger charge is -2.06. The maximum Gasteiger partial charge on any atom is 0.0460 e. The van der Waals surface area contributed by atoms with Crippen LogP contribution in [0.1, 0.15) is 31.0 Å². The zero-order chi connectivity index (χ0) is 11.7. The molecule has 0 amide bonds. The van der Waals surface area contributed by atoms with Gasteiger partial charge in [0.25, 0.3) is 0 Å². The van der Waals surface area contributed by atoms with Crippen LogP contribution in [0.3, 0.4) is 0 Å². The Balaban J connectivity index is 2.67. The van der Waals surface area contributed by atoms with Crippen molar-refractivity contribution in [3.05, 3.63) is 34.5 Å². The number of benzene rings is 1. The SMILES string of the molecule is CNCc1c(C(C)C)[nH]c2ccc(Cl)cc12. The largest absolute Gasteiger partial charge is 0.358 e. The number of fused-ring (bicyclic) bond motifs is 1. The van der Waals surface area contributed by atoms with E-state index < -0.39 is 0 Å². The summed E-state index contributed by atoms with van der Waals surface area (Å²) >= 11 is 6.05. The summed E-state index contributed by atoms with van der Waals surface area (Å²) in [4.78, 5) is 3.48. The smallest absolute Gasteiger partial charge is 0.0460 e. The van der Waals surface area contributed by atoms with Gasteiger partial charge in [0.05, 0.1) is 0 Å². The van der Waals surface area contributed by atoms with E-state index in [4.69, 9.17) is 11.6 Å². The van der Waals surface area contributed by atoms with Gasteiger partial charge < -0.3 is 10.3 Å². The second-order valence-corrected chi connectivity index (χ2v) is 4.83. The summed E-state index contributed by atoms with van der Waals surface area (Å²) in [5.74, 6) is 0.495. The normalized spacial score (nSPS) is 11.6. The molecule has 1 heterocycles. The van der Waals surface area contributed by atoms with Crippen LogP contribution in [-0.2, 0) is 6.54 Å². The highest BCUT2D eigenvalue weighted by Gasteiger charge is 2.13. The molecule has 2 rings (SSSR count). The quantitative estimate of drug-likeness (QED) is 0.836. The number of rotatable bonds is 3. The number of H-pyrrole nitrogens is 1. The van der Waals surface area contributed by atoms with Crippen molar-refractivity contribution in [2.45, 2.75) is 26.3 Å². The average molecular weight is 237 g/mol. The van der Waals surface area contributed by atoms with Crippen molar-refractivity contribution in [3.63, 3.8) is 0 Å². The van der Waals surface area contributed by atoms with Gasteiger partial charge in [-0.25, -0.2) is 0 Å². The number of hydrogen-bond acceptors (Lipinski definition) is 1. The molecular formula is C13H17ClN2. The minimum absolute atomic E-state index is 0.495. The van der Waals surface area contributed by atoms with E-state index in [0.29, 0.717) is 5.92 Å². The number of hydrogen-bond donors (Lipinski definition) is 2. The predicted octanol–water partition coefficient (Wildman–Crippen LogP) is 3.66. The van der Waals surface area contributed by atoms with Crippen LogP contribution in [-0.4, -0.2) is 12.0 Å². The zero-order valence-corrected chi connectivity index (χ0v) is 10.7. The molecule has 0 aliphatic heterocycles. The molecule has 2 nitrogen and oxygen atoms in total. The molecule has 0 radical (unpaired) electrons. The number of aromatic nitrogens is 1. The topological polar surface area (TPSA) is 27.8 Å². The van der Waals surface area contributed by atoms with E-state index in [-0.39, 0.29) is 0 Å². The molecule has 0 unspecified atom stereocenters. The van der Waals surface area contributed by atoms with Gasteiger partial charge in [-0.3, -0.25) is 0 Å². The van der Waals surface area contributed by atoms with Crippen LogP contribution in [0.5, 0.6) is 0 Å². The number of nitrogens with one attached hydrogen (secondary N) is 2. The molecule has 2 N–H and O–H groups in total. The standard InChI is InChI=1S/C13H17ClN2/c1-8(2)13-11(7-15-3)10-6-9(14)4-5-12(10)16-13/h4-6,8,15-16H,7H2,1-3H3. The van der Waals surface area contributed by atoms with Crippen LogP contribution < -0.4 is 5.32 Å². The van der Waals surface area contributed by atoms with Gasteiger partial charge in [-0.05, 0) is 36.7 Å². The van der Waals surface area contributed by atoms with Crippen LogP contribution in [0.15, 0.2) is 18.2 Å². The van der Waals surface area contributed by atoms with Crippen molar-refractivity contribution in [3.8, 4) is 0 Å². The summed E-state index contributed by atoms with van der Waals surface area (Å²) in [5.41, 5.74) is 3.79. The third-order valence-corrected chi connectivity index (χ3v) is 3.07. The number of aromatic amines is 1. The van der Waals surface area contributed by atoms with E-state index in [1.54, 1.807) is 0 Å². The van der Waals surface area contributed by atoms with Crippen LogP contribution in [0.25, 0.3) is 10.9 Å². The van der Waals surface area contributed by atoms with Crippen LogP contribution >= 0.6 is 11.6 Å². The third kappa shape index (κ3) is 1.95. The molecule has 2 aromatic rings. The van der Waals surface area contributed by atoms with Crippen molar-refractivity contribution >= 4 is 22.5 Å². The fraction of sp³-hybridized carbons (Fsp3) is 0.385. The molecule has 0 atom stereocenters. The first-order chi connectivity index (χ1) is 7.63. The van der Waals surface area contributed by atoms with E-state index in [1.165, 1.54) is 22.2 Å². The summed E-state index contributed by atoms with van der Waals surface area (Å²) in [7, 11) is 1.97. The fourth-order valence-electron chi connectivity index (χ4n) is 2.10. The first-order valence-electron chi connectivity index (χ1n) is 5.58. The van der Waals surface area contributed by atoms with E-state index in [2.05, 4.69) is 24.1 Å². The molecule has 3 heteroatoms. The second-order valence-electron chi connectivity index (χ2n) is 4.39. The molecule has 0 fully saturated rings. The van der Waals surface area contributed by atoms with Gasteiger partial charge in [-0.1, -0.05) is 25.4 Å². The van der Waals surface area contributed by atoms with E-state index in [0.717, 1.165) is 11.6 Å². The Bertz CT molecular complexity index is 500. The van der Waals surface area contributed by atoms with Gasteiger partial charge in [-0.15, -0.1) is 0 Å². The van der Waals surface area contributed by atoms with Gasteiger partial charge >= 0.3 is 0 Å². The molecule has 0 bridgehead atoms. The Labute approximate surface area is 101 Å². The lowest BCUT2D eigenvalue weighted by atomic mass is 10.0. The van der Waals surface area contributed by atoms with Crippen LogP contribution in [0, 0.1) is 0 Å². The highest BCUT2D eigenvalue weighted by Crippen LogP contribution is 2.29. The monoisotopic (exact) mass is 236 g/mol. The van der Waals surface area contributed by atoms with E-state index in [9.17, 15) is 0 Å². The summed E-state index contributed by atoms with van der Waals surface area (Å²) in [6, 6.07) is 6.00. The summed E-state index contributed by atoms with van der Waals surface area (Å²) in [5, 5.41) is 5.23. The summed E-state index contributed by atoms with van der Waals surface area (Å²) < 4.78 is 0. The molecule has 86 valence electrons. The lowest BCUT2D eigenvalue weighted by Crippen LogP contribution is -2.07. The molecule has 0 saturated carbocycles. The third-order valence-electron chi connectivity index (χ3n) is 2.83.